The third-order valence-electron chi connectivity index (χ3n) is 2.33. The van der Waals surface area contributed by atoms with Gasteiger partial charge in [-0.05, 0) is 13.5 Å². The monoisotopic (exact) mass is 262 g/mol. The molecule has 0 aliphatic carbocycles. The van der Waals surface area contributed by atoms with Crippen molar-refractivity contribution in [2.45, 2.75) is 18.7 Å². The predicted octanol–water partition coefficient (Wildman–Crippen LogP) is 2.39. The van der Waals surface area contributed by atoms with Crippen LogP contribution in [0.5, 0.6) is 0 Å². The van der Waals surface area contributed by atoms with E-state index in [0.29, 0.717) is 5.88 Å². The summed E-state index contributed by atoms with van der Waals surface area (Å²) < 4.78 is 5.02. The first-order chi connectivity index (χ1) is 7.76. The van der Waals surface area contributed by atoms with Crippen LogP contribution in [0.4, 0.5) is 0 Å². The fourth-order valence-electron chi connectivity index (χ4n) is 1.40. The second-order valence-electron chi connectivity index (χ2n) is 3.77. The summed E-state index contributed by atoms with van der Waals surface area (Å²) in [7, 11) is 3.87. The minimum atomic E-state index is 0.514. The molecule has 0 saturated carbocycles. The first kappa shape index (κ1) is 13.9. The fourth-order valence-corrected chi connectivity index (χ4v) is 2.42. The van der Waals surface area contributed by atoms with Gasteiger partial charge in [-0.3, -0.25) is 0 Å². The van der Waals surface area contributed by atoms with Crippen LogP contribution in [0.2, 0.25) is 0 Å². The van der Waals surface area contributed by atoms with Crippen molar-refractivity contribution >= 4 is 22.9 Å². The van der Waals surface area contributed by atoms with Crippen LogP contribution in [0.3, 0.4) is 0 Å². The number of aromatic nitrogens is 1. The Morgan fingerprint density at radius 2 is 2.31 bits per heavy atom. The average Bonchev–Trinajstić information content (AvgIpc) is 2.74. The lowest BCUT2D eigenvalue weighted by atomic mass is 10.3. The third-order valence-corrected chi connectivity index (χ3v) is 3.56. The molecule has 0 spiro atoms. The van der Waals surface area contributed by atoms with E-state index in [1.54, 1.807) is 18.4 Å². The summed E-state index contributed by atoms with van der Waals surface area (Å²) in [5.41, 5.74) is 0.990. The molecule has 92 valence electrons. The van der Waals surface area contributed by atoms with Gasteiger partial charge in [-0.2, -0.15) is 0 Å². The highest BCUT2D eigenvalue weighted by molar-refractivity contribution is 7.09. The molecule has 3 nitrogen and oxygen atoms in total. The van der Waals surface area contributed by atoms with Crippen molar-refractivity contribution < 1.29 is 4.74 Å². The van der Waals surface area contributed by atoms with E-state index < -0.39 is 0 Å². The van der Waals surface area contributed by atoms with Crippen LogP contribution in [-0.4, -0.2) is 43.7 Å². The molecule has 0 aliphatic heterocycles. The molecule has 1 rings (SSSR count). The second-order valence-corrected chi connectivity index (χ2v) is 4.98. The molecule has 1 heterocycles. The van der Waals surface area contributed by atoms with Gasteiger partial charge >= 0.3 is 0 Å². The topological polar surface area (TPSA) is 25.4 Å². The molecule has 0 unspecified atom stereocenters. The number of thiazole rings is 1. The van der Waals surface area contributed by atoms with Crippen LogP contribution >= 0.6 is 22.9 Å². The molecule has 0 amide bonds. The van der Waals surface area contributed by atoms with Gasteiger partial charge in [0.2, 0.25) is 0 Å². The van der Waals surface area contributed by atoms with E-state index >= 15 is 0 Å². The lowest BCUT2D eigenvalue weighted by Gasteiger charge is -2.15. The van der Waals surface area contributed by atoms with Gasteiger partial charge < -0.3 is 9.64 Å². The van der Waals surface area contributed by atoms with Crippen LogP contribution in [-0.2, 0) is 17.0 Å². The number of methoxy groups -OCH3 is 1. The van der Waals surface area contributed by atoms with Crippen LogP contribution < -0.4 is 0 Å². The Labute approximate surface area is 106 Å². The average molecular weight is 263 g/mol. The number of ether oxygens (including phenoxy) is 1. The van der Waals surface area contributed by atoms with E-state index in [9.17, 15) is 0 Å². The van der Waals surface area contributed by atoms with Crippen molar-refractivity contribution in [1.29, 1.82) is 0 Å². The second kappa shape index (κ2) is 8.01. The summed E-state index contributed by atoms with van der Waals surface area (Å²) in [5, 5.41) is 3.21. The molecule has 0 N–H and O–H groups in total. The van der Waals surface area contributed by atoms with Gasteiger partial charge in [0.1, 0.15) is 0 Å². The van der Waals surface area contributed by atoms with Gasteiger partial charge in [-0.1, -0.05) is 0 Å². The number of hydrogen-bond donors (Lipinski definition) is 0. The third kappa shape index (κ3) is 5.25. The van der Waals surface area contributed by atoms with Crippen molar-refractivity contribution in [2.75, 3.05) is 33.9 Å². The lowest BCUT2D eigenvalue weighted by Crippen LogP contribution is -2.23. The van der Waals surface area contributed by atoms with Crippen LogP contribution in [0, 0.1) is 0 Å². The summed E-state index contributed by atoms with van der Waals surface area (Å²) in [6, 6.07) is 0. The van der Waals surface area contributed by atoms with E-state index in [-0.39, 0.29) is 0 Å². The molecule has 0 aromatic carbocycles. The van der Waals surface area contributed by atoms with Gasteiger partial charge in [-0.25, -0.2) is 4.98 Å². The van der Waals surface area contributed by atoms with Gasteiger partial charge in [-0.15, -0.1) is 22.9 Å². The maximum Gasteiger partial charge on any atom is 0.0941 e. The Morgan fingerprint density at radius 1 is 1.50 bits per heavy atom. The summed E-state index contributed by atoms with van der Waals surface area (Å²) >= 11 is 7.40. The van der Waals surface area contributed by atoms with Gasteiger partial charge in [0, 0.05) is 38.6 Å². The van der Waals surface area contributed by atoms with Gasteiger partial charge in [0.05, 0.1) is 16.6 Å². The van der Waals surface area contributed by atoms with Crippen molar-refractivity contribution in [1.82, 2.24) is 9.88 Å². The lowest BCUT2D eigenvalue weighted by molar-refractivity contribution is 0.179. The Morgan fingerprint density at radius 3 is 2.94 bits per heavy atom. The molecule has 0 radical (unpaired) electrons. The van der Waals surface area contributed by atoms with E-state index in [1.807, 2.05) is 5.38 Å². The zero-order chi connectivity index (χ0) is 11.8. The minimum Gasteiger partial charge on any atom is -0.385 e. The van der Waals surface area contributed by atoms with Crippen LogP contribution in [0.15, 0.2) is 5.38 Å². The highest BCUT2D eigenvalue weighted by Gasteiger charge is 2.03. The summed E-state index contributed by atoms with van der Waals surface area (Å²) in [5.74, 6) is 0.514. The zero-order valence-corrected chi connectivity index (χ0v) is 11.5. The normalized spacial score (nSPS) is 11.2. The Kier molecular flexibility index (Phi) is 6.96. The first-order valence-electron chi connectivity index (χ1n) is 5.43. The van der Waals surface area contributed by atoms with Gasteiger partial charge in [0.15, 0.2) is 0 Å². The standard InChI is InChI=1S/C11H19ClN2OS/c1-14(5-3-7-15-2)6-4-11-13-10(8-12)9-16-11/h9H,3-8H2,1-2H3. The number of rotatable bonds is 8. The number of alkyl halides is 1. The number of nitrogens with zero attached hydrogens (tertiary/aromatic N) is 2. The Hall–Kier alpha value is -0.160. The molecule has 0 fully saturated rings. The molecule has 1 aromatic heterocycles. The van der Waals surface area contributed by atoms with Crippen LogP contribution in [0.1, 0.15) is 17.1 Å². The largest absolute Gasteiger partial charge is 0.385 e. The van der Waals surface area contributed by atoms with Crippen molar-refractivity contribution in [3.8, 4) is 0 Å². The van der Waals surface area contributed by atoms with Crippen molar-refractivity contribution in [3.63, 3.8) is 0 Å². The molecule has 16 heavy (non-hydrogen) atoms. The summed E-state index contributed by atoms with van der Waals surface area (Å²) in [6.07, 6.45) is 2.09. The fraction of sp³-hybridized carbons (Fsp3) is 0.727. The molecular weight excluding hydrogens is 244 g/mol. The van der Waals surface area contributed by atoms with Crippen LogP contribution in [0.25, 0.3) is 0 Å². The van der Waals surface area contributed by atoms with Crippen molar-refractivity contribution in [2.24, 2.45) is 0 Å². The smallest absolute Gasteiger partial charge is 0.0941 e. The number of likely N-dealkylation sites (N-methyl/N-ethyl adjacent to an activating group) is 1. The van der Waals surface area contributed by atoms with Gasteiger partial charge in [0.25, 0.3) is 0 Å². The van der Waals surface area contributed by atoms with E-state index in [2.05, 4.69) is 16.9 Å². The van der Waals surface area contributed by atoms with E-state index in [1.165, 1.54) is 5.01 Å². The molecule has 0 aliphatic rings. The van der Waals surface area contributed by atoms with E-state index in [4.69, 9.17) is 16.3 Å². The SMILES string of the molecule is COCCCN(C)CCc1nc(CCl)cs1. The molecule has 0 bridgehead atoms. The minimum absolute atomic E-state index is 0.514. The number of halogens is 1. The molecule has 5 heteroatoms. The molecule has 1 aromatic rings. The summed E-state index contributed by atoms with van der Waals surface area (Å²) in [6.45, 7) is 2.94. The quantitative estimate of drug-likeness (QED) is 0.531. The summed E-state index contributed by atoms with van der Waals surface area (Å²) in [4.78, 5) is 6.74. The maximum atomic E-state index is 5.71. The Balaban J connectivity index is 2.18. The molecule has 0 atom stereocenters. The highest BCUT2D eigenvalue weighted by Crippen LogP contribution is 2.12. The number of hydrogen-bond acceptors (Lipinski definition) is 4. The zero-order valence-electron chi connectivity index (χ0n) is 9.91. The van der Waals surface area contributed by atoms with Crippen molar-refractivity contribution in [3.05, 3.63) is 16.1 Å². The molecular formula is C11H19ClN2OS. The van der Waals surface area contributed by atoms with E-state index in [0.717, 1.165) is 38.2 Å². The maximum absolute atomic E-state index is 5.71. The Bertz CT molecular complexity index is 293. The predicted molar refractivity (Wildman–Crippen MR) is 69.4 cm³/mol. The highest BCUT2D eigenvalue weighted by atomic mass is 35.5. The first-order valence-corrected chi connectivity index (χ1v) is 6.84. The molecule has 0 saturated heterocycles.